The van der Waals surface area contributed by atoms with Crippen molar-refractivity contribution >= 4 is 11.6 Å². The van der Waals surface area contributed by atoms with Crippen molar-refractivity contribution in [3.8, 4) is 0 Å². The number of nitrogens with zero attached hydrogens (tertiary/aromatic N) is 5. The van der Waals surface area contributed by atoms with Gasteiger partial charge in [-0.1, -0.05) is 5.16 Å². The van der Waals surface area contributed by atoms with Crippen molar-refractivity contribution in [1.82, 2.24) is 24.9 Å². The van der Waals surface area contributed by atoms with E-state index >= 15 is 0 Å². The Bertz CT molecular complexity index is 516. The third kappa shape index (κ3) is 1.69. The van der Waals surface area contributed by atoms with Gasteiger partial charge >= 0.3 is 0 Å². The Labute approximate surface area is 96.6 Å². The first-order chi connectivity index (χ1) is 7.74. The molecule has 2 heterocycles. The molecular weight excluding hydrogens is 230 g/mol. The molecule has 6 nitrogen and oxygen atoms in total. The fourth-order valence-corrected chi connectivity index (χ4v) is 1.82. The van der Waals surface area contributed by atoms with Crippen molar-refractivity contribution in [3.05, 3.63) is 22.8 Å². The zero-order valence-corrected chi connectivity index (χ0v) is 9.48. The van der Waals surface area contributed by atoms with E-state index in [9.17, 15) is 0 Å². The quantitative estimate of drug-likeness (QED) is 0.813. The highest BCUT2D eigenvalue weighted by atomic mass is 35.5. The van der Waals surface area contributed by atoms with Crippen LogP contribution in [0.15, 0.2) is 4.52 Å². The summed E-state index contributed by atoms with van der Waals surface area (Å²) in [7, 11) is 0. The van der Waals surface area contributed by atoms with Crippen molar-refractivity contribution < 1.29 is 4.52 Å². The van der Waals surface area contributed by atoms with Gasteiger partial charge in [-0.05, 0) is 24.4 Å². The van der Waals surface area contributed by atoms with E-state index in [0.717, 1.165) is 18.7 Å². The summed E-state index contributed by atoms with van der Waals surface area (Å²) >= 11 is 5.98. The Hall–Kier alpha value is -1.43. The van der Waals surface area contributed by atoms with Crippen LogP contribution in [0.4, 0.5) is 0 Å². The van der Waals surface area contributed by atoms with E-state index in [2.05, 4.69) is 20.3 Å². The molecule has 0 amide bonds. The first kappa shape index (κ1) is 9.77. The minimum absolute atomic E-state index is 0.379. The average Bonchev–Trinajstić information content (AvgIpc) is 2.93. The highest BCUT2D eigenvalue weighted by Gasteiger charge is 2.30. The minimum Gasteiger partial charge on any atom is -0.340 e. The van der Waals surface area contributed by atoms with Crippen molar-refractivity contribution in [1.29, 1.82) is 0 Å². The van der Waals surface area contributed by atoms with Gasteiger partial charge in [-0.25, -0.2) is 0 Å². The summed E-state index contributed by atoms with van der Waals surface area (Å²) in [6, 6.07) is 0. The van der Waals surface area contributed by atoms with E-state index < -0.39 is 0 Å². The topological polar surface area (TPSA) is 69.6 Å². The van der Waals surface area contributed by atoms with Gasteiger partial charge in [-0.2, -0.15) is 4.98 Å². The molecule has 0 radical (unpaired) electrons. The summed E-state index contributed by atoms with van der Waals surface area (Å²) in [4.78, 5) is 4.13. The summed E-state index contributed by atoms with van der Waals surface area (Å²) in [5, 5.41) is 12.2. The Morgan fingerprint density at radius 2 is 2.25 bits per heavy atom. The number of halogens is 1. The van der Waals surface area contributed by atoms with Gasteiger partial charge in [-0.3, -0.25) is 4.57 Å². The van der Waals surface area contributed by atoms with Gasteiger partial charge in [0.1, 0.15) is 5.82 Å². The molecule has 1 aliphatic rings. The van der Waals surface area contributed by atoms with Gasteiger partial charge in [0.2, 0.25) is 11.2 Å². The lowest BCUT2D eigenvalue weighted by molar-refractivity contribution is 0.386. The van der Waals surface area contributed by atoms with Crippen LogP contribution in [0.1, 0.15) is 36.3 Å². The van der Waals surface area contributed by atoms with Crippen LogP contribution in [0.2, 0.25) is 5.28 Å². The fraction of sp³-hybridized carbons (Fsp3) is 0.556. The first-order valence-electron chi connectivity index (χ1n) is 5.12. The summed E-state index contributed by atoms with van der Waals surface area (Å²) in [6.07, 6.45) is 2.31. The summed E-state index contributed by atoms with van der Waals surface area (Å²) in [6.45, 7) is 2.22. The van der Waals surface area contributed by atoms with Crippen molar-refractivity contribution in [2.75, 3.05) is 0 Å². The number of aromatic nitrogens is 5. The van der Waals surface area contributed by atoms with E-state index in [1.807, 2.05) is 4.57 Å². The Balaban J connectivity index is 1.90. The third-order valence-electron chi connectivity index (χ3n) is 2.55. The lowest BCUT2D eigenvalue weighted by Gasteiger charge is -2.02. The molecule has 0 N–H and O–H groups in total. The maximum Gasteiger partial charge on any atom is 0.225 e. The molecule has 0 aromatic carbocycles. The SMILES string of the molecule is Cc1nc(Cn2c(Cl)nnc2C2CC2)no1. The van der Waals surface area contributed by atoms with E-state index in [0.29, 0.717) is 29.5 Å². The Morgan fingerprint density at radius 1 is 1.44 bits per heavy atom. The summed E-state index contributed by atoms with van der Waals surface area (Å²) < 4.78 is 6.75. The smallest absolute Gasteiger partial charge is 0.225 e. The molecule has 0 aliphatic heterocycles. The average molecular weight is 240 g/mol. The zero-order valence-electron chi connectivity index (χ0n) is 8.72. The summed E-state index contributed by atoms with van der Waals surface area (Å²) in [5.74, 6) is 2.56. The standard InChI is InChI=1S/C9H10ClN5O/c1-5-11-7(14-16-5)4-15-8(6-2-3-6)12-13-9(15)10/h6H,2-4H2,1H3. The number of hydrogen-bond donors (Lipinski definition) is 0. The molecular formula is C9H10ClN5O. The Morgan fingerprint density at radius 3 is 2.88 bits per heavy atom. The van der Waals surface area contributed by atoms with Gasteiger partial charge in [0, 0.05) is 12.8 Å². The molecule has 1 saturated carbocycles. The number of hydrogen-bond acceptors (Lipinski definition) is 5. The van der Waals surface area contributed by atoms with E-state index in [1.165, 1.54) is 0 Å². The van der Waals surface area contributed by atoms with E-state index in [-0.39, 0.29) is 0 Å². The van der Waals surface area contributed by atoms with Crippen LogP contribution < -0.4 is 0 Å². The van der Waals surface area contributed by atoms with Crippen LogP contribution in [-0.4, -0.2) is 24.9 Å². The monoisotopic (exact) mass is 239 g/mol. The van der Waals surface area contributed by atoms with Gasteiger partial charge in [0.25, 0.3) is 0 Å². The number of rotatable bonds is 3. The van der Waals surface area contributed by atoms with Crippen molar-refractivity contribution in [3.63, 3.8) is 0 Å². The first-order valence-corrected chi connectivity index (χ1v) is 5.49. The van der Waals surface area contributed by atoms with Crippen LogP contribution in [0, 0.1) is 6.92 Å². The highest BCUT2D eigenvalue weighted by Crippen LogP contribution is 2.39. The molecule has 16 heavy (non-hydrogen) atoms. The molecule has 0 spiro atoms. The van der Waals surface area contributed by atoms with Crippen LogP contribution >= 0.6 is 11.6 Å². The largest absolute Gasteiger partial charge is 0.340 e. The van der Waals surface area contributed by atoms with E-state index in [1.54, 1.807) is 6.92 Å². The second-order valence-electron chi connectivity index (χ2n) is 3.92. The van der Waals surface area contributed by atoms with Gasteiger partial charge in [0.05, 0.1) is 6.54 Å². The molecule has 3 rings (SSSR count). The van der Waals surface area contributed by atoms with Gasteiger partial charge in [-0.15, -0.1) is 10.2 Å². The molecule has 2 aromatic rings. The molecule has 0 saturated heterocycles. The Kier molecular flexibility index (Phi) is 2.17. The van der Waals surface area contributed by atoms with Crippen molar-refractivity contribution in [2.45, 2.75) is 32.2 Å². The predicted molar refractivity (Wildman–Crippen MR) is 55.1 cm³/mol. The lowest BCUT2D eigenvalue weighted by atomic mass is 10.4. The molecule has 84 valence electrons. The maximum atomic E-state index is 5.98. The summed E-state index contributed by atoms with van der Waals surface area (Å²) in [5.41, 5.74) is 0. The second kappa shape index (κ2) is 3.55. The molecule has 0 atom stereocenters. The molecule has 2 aromatic heterocycles. The van der Waals surface area contributed by atoms with E-state index in [4.69, 9.17) is 16.1 Å². The minimum atomic E-state index is 0.379. The molecule has 7 heteroatoms. The molecule has 0 unspecified atom stereocenters. The normalized spacial score (nSPS) is 15.6. The van der Waals surface area contributed by atoms with Crippen LogP contribution in [-0.2, 0) is 6.54 Å². The molecule has 0 bridgehead atoms. The second-order valence-corrected chi connectivity index (χ2v) is 4.26. The van der Waals surface area contributed by atoms with Crippen molar-refractivity contribution in [2.24, 2.45) is 0 Å². The lowest BCUT2D eigenvalue weighted by Crippen LogP contribution is -2.06. The number of aryl methyl sites for hydroxylation is 1. The maximum absolute atomic E-state index is 5.98. The van der Waals surface area contributed by atoms with Crippen LogP contribution in [0.3, 0.4) is 0 Å². The fourth-order valence-electron chi connectivity index (χ4n) is 1.63. The highest BCUT2D eigenvalue weighted by molar-refractivity contribution is 6.28. The third-order valence-corrected chi connectivity index (χ3v) is 2.83. The van der Waals surface area contributed by atoms with Gasteiger partial charge in [0.15, 0.2) is 5.82 Å². The predicted octanol–water partition coefficient (Wildman–Crippen LogP) is 1.55. The molecule has 1 fully saturated rings. The van der Waals surface area contributed by atoms with Gasteiger partial charge < -0.3 is 4.52 Å². The van der Waals surface area contributed by atoms with Crippen LogP contribution in [0.25, 0.3) is 0 Å². The van der Waals surface area contributed by atoms with Crippen LogP contribution in [0.5, 0.6) is 0 Å². The zero-order chi connectivity index (χ0) is 11.1. The molecule has 1 aliphatic carbocycles.